The van der Waals surface area contributed by atoms with Crippen LogP contribution in [0.2, 0.25) is 0 Å². The molecule has 0 bridgehead atoms. The van der Waals surface area contributed by atoms with E-state index in [9.17, 15) is 4.79 Å². The fourth-order valence-electron chi connectivity index (χ4n) is 4.39. The third-order valence-electron chi connectivity index (χ3n) is 5.92. The summed E-state index contributed by atoms with van der Waals surface area (Å²) in [6, 6.07) is 5.03. The SMILES string of the molecule is C[C@H]1CCCCN1C1CN(C(=O)c2ccc(CN3CCCC3)o2)C1. The van der Waals surface area contributed by atoms with E-state index in [0.717, 1.165) is 38.5 Å². The maximum atomic E-state index is 12.6. The van der Waals surface area contributed by atoms with E-state index in [0.29, 0.717) is 17.8 Å². The van der Waals surface area contributed by atoms with Gasteiger partial charge in [0, 0.05) is 25.2 Å². The molecule has 3 aliphatic rings. The van der Waals surface area contributed by atoms with Crippen molar-refractivity contribution in [2.75, 3.05) is 32.7 Å². The highest BCUT2D eigenvalue weighted by Crippen LogP contribution is 2.26. The summed E-state index contributed by atoms with van der Waals surface area (Å²) in [5.74, 6) is 1.49. The number of hydrogen-bond acceptors (Lipinski definition) is 4. The van der Waals surface area contributed by atoms with Crippen LogP contribution in [0.4, 0.5) is 0 Å². The van der Waals surface area contributed by atoms with E-state index < -0.39 is 0 Å². The normalized spacial score (nSPS) is 26.7. The Morgan fingerprint density at radius 1 is 1.12 bits per heavy atom. The first-order valence-corrected chi connectivity index (χ1v) is 9.57. The Kier molecular flexibility index (Phi) is 4.63. The van der Waals surface area contributed by atoms with Crippen LogP contribution in [0.25, 0.3) is 0 Å². The summed E-state index contributed by atoms with van der Waals surface area (Å²) in [7, 11) is 0. The molecule has 4 rings (SSSR count). The van der Waals surface area contributed by atoms with E-state index in [4.69, 9.17) is 4.42 Å². The second-order valence-electron chi connectivity index (χ2n) is 7.70. The van der Waals surface area contributed by atoms with Gasteiger partial charge in [0.15, 0.2) is 5.76 Å². The number of piperidine rings is 1. The summed E-state index contributed by atoms with van der Waals surface area (Å²) >= 11 is 0. The smallest absolute Gasteiger partial charge is 0.289 e. The molecule has 0 spiro atoms. The van der Waals surface area contributed by atoms with Crippen LogP contribution in [0.3, 0.4) is 0 Å². The molecule has 3 aliphatic heterocycles. The van der Waals surface area contributed by atoms with Gasteiger partial charge in [-0.3, -0.25) is 14.6 Å². The highest BCUT2D eigenvalue weighted by molar-refractivity contribution is 5.92. The number of likely N-dealkylation sites (tertiary alicyclic amines) is 3. The molecule has 0 aliphatic carbocycles. The summed E-state index contributed by atoms with van der Waals surface area (Å²) in [6.45, 7) is 8.34. The van der Waals surface area contributed by atoms with Gasteiger partial charge in [-0.2, -0.15) is 0 Å². The summed E-state index contributed by atoms with van der Waals surface area (Å²) in [5, 5.41) is 0. The topological polar surface area (TPSA) is 39.9 Å². The molecule has 0 aromatic carbocycles. The van der Waals surface area contributed by atoms with Gasteiger partial charge in [-0.15, -0.1) is 0 Å². The molecule has 24 heavy (non-hydrogen) atoms. The Morgan fingerprint density at radius 2 is 1.88 bits per heavy atom. The molecule has 1 aromatic rings. The monoisotopic (exact) mass is 331 g/mol. The highest BCUT2D eigenvalue weighted by atomic mass is 16.4. The van der Waals surface area contributed by atoms with E-state index in [1.165, 1.54) is 38.6 Å². The van der Waals surface area contributed by atoms with Crippen LogP contribution in [0.5, 0.6) is 0 Å². The van der Waals surface area contributed by atoms with Crippen molar-refractivity contribution in [3.05, 3.63) is 23.7 Å². The van der Waals surface area contributed by atoms with Crippen molar-refractivity contribution in [1.29, 1.82) is 0 Å². The van der Waals surface area contributed by atoms with Gasteiger partial charge < -0.3 is 9.32 Å². The molecule has 0 N–H and O–H groups in total. The largest absolute Gasteiger partial charge is 0.455 e. The molecule has 0 saturated carbocycles. The summed E-state index contributed by atoms with van der Waals surface area (Å²) in [4.78, 5) is 19.5. The predicted molar refractivity (Wildman–Crippen MR) is 92.9 cm³/mol. The molecule has 1 atom stereocenters. The van der Waals surface area contributed by atoms with E-state index >= 15 is 0 Å². The van der Waals surface area contributed by atoms with Gasteiger partial charge in [0.1, 0.15) is 5.76 Å². The van der Waals surface area contributed by atoms with Crippen molar-refractivity contribution < 1.29 is 9.21 Å². The van der Waals surface area contributed by atoms with Crippen LogP contribution < -0.4 is 0 Å². The molecule has 132 valence electrons. The number of nitrogens with zero attached hydrogens (tertiary/aromatic N) is 3. The molecule has 4 heterocycles. The van der Waals surface area contributed by atoms with Gasteiger partial charge in [0.2, 0.25) is 0 Å². The number of carbonyl (C=O) groups is 1. The quantitative estimate of drug-likeness (QED) is 0.850. The lowest BCUT2D eigenvalue weighted by atomic mass is 9.97. The van der Waals surface area contributed by atoms with Crippen LogP contribution in [0.15, 0.2) is 16.5 Å². The molecule has 3 saturated heterocycles. The van der Waals surface area contributed by atoms with Crippen molar-refractivity contribution in [3.63, 3.8) is 0 Å². The molecule has 5 heteroatoms. The lowest BCUT2D eigenvalue weighted by Gasteiger charge is -2.49. The van der Waals surface area contributed by atoms with E-state index in [2.05, 4.69) is 16.7 Å². The van der Waals surface area contributed by atoms with Crippen LogP contribution in [0.1, 0.15) is 55.3 Å². The zero-order valence-electron chi connectivity index (χ0n) is 14.7. The first kappa shape index (κ1) is 16.2. The fraction of sp³-hybridized carbons (Fsp3) is 0.737. The van der Waals surface area contributed by atoms with E-state index in [1.807, 2.05) is 17.0 Å². The Balaban J connectivity index is 1.30. The molecular weight excluding hydrogens is 302 g/mol. The van der Waals surface area contributed by atoms with Gasteiger partial charge >= 0.3 is 0 Å². The van der Waals surface area contributed by atoms with E-state index in [1.54, 1.807) is 0 Å². The molecule has 0 radical (unpaired) electrons. The molecule has 0 unspecified atom stereocenters. The van der Waals surface area contributed by atoms with Gasteiger partial charge in [-0.25, -0.2) is 0 Å². The first-order chi connectivity index (χ1) is 11.7. The minimum Gasteiger partial charge on any atom is -0.455 e. The Bertz CT molecular complexity index is 573. The van der Waals surface area contributed by atoms with Crippen molar-refractivity contribution in [2.24, 2.45) is 0 Å². The summed E-state index contributed by atoms with van der Waals surface area (Å²) in [5.41, 5.74) is 0. The number of amides is 1. The number of furan rings is 1. The predicted octanol–water partition coefficient (Wildman–Crippen LogP) is 2.57. The number of carbonyl (C=O) groups excluding carboxylic acids is 1. The van der Waals surface area contributed by atoms with Crippen LogP contribution in [-0.4, -0.2) is 65.4 Å². The molecule has 5 nitrogen and oxygen atoms in total. The Labute approximate surface area is 144 Å². The van der Waals surface area contributed by atoms with Crippen LogP contribution in [0, 0.1) is 0 Å². The first-order valence-electron chi connectivity index (χ1n) is 9.57. The molecule has 1 aromatic heterocycles. The maximum Gasteiger partial charge on any atom is 0.289 e. The number of hydrogen-bond donors (Lipinski definition) is 0. The van der Waals surface area contributed by atoms with Gasteiger partial charge in [0.25, 0.3) is 5.91 Å². The number of rotatable bonds is 4. The molecule has 3 fully saturated rings. The summed E-state index contributed by atoms with van der Waals surface area (Å²) < 4.78 is 5.82. The maximum absolute atomic E-state index is 12.6. The van der Waals surface area contributed by atoms with Crippen molar-refractivity contribution >= 4 is 5.91 Å². The zero-order valence-corrected chi connectivity index (χ0v) is 14.7. The average molecular weight is 331 g/mol. The highest BCUT2D eigenvalue weighted by Gasteiger charge is 2.38. The van der Waals surface area contributed by atoms with E-state index in [-0.39, 0.29) is 5.91 Å². The Morgan fingerprint density at radius 3 is 2.62 bits per heavy atom. The lowest BCUT2D eigenvalue weighted by Crippen LogP contribution is -2.63. The van der Waals surface area contributed by atoms with Crippen molar-refractivity contribution in [1.82, 2.24) is 14.7 Å². The Hall–Kier alpha value is -1.33. The third-order valence-corrected chi connectivity index (χ3v) is 5.92. The zero-order chi connectivity index (χ0) is 16.5. The second-order valence-corrected chi connectivity index (χ2v) is 7.70. The second kappa shape index (κ2) is 6.89. The van der Waals surface area contributed by atoms with Crippen LogP contribution >= 0.6 is 0 Å². The van der Waals surface area contributed by atoms with Crippen molar-refractivity contribution in [3.8, 4) is 0 Å². The van der Waals surface area contributed by atoms with Crippen LogP contribution in [-0.2, 0) is 6.54 Å². The standard InChI is InChI=1S/C19H29N3O2/c1-15-6-2-3-11-22(15)16-12-21(13-16)19(23)18-8-7-17(24-18)14-20-9-4-5-10-20/h7-8,15-16H,2-6,9-14H2,1H3/t15-/m0/s1. The van der Waals surface area contributed by atoms with Gasteiger partial charge in [-0.05, 0) is 64.4 Å². The lowest BCUT2D eigenvalue weighted by molar-refractivity contribution is 0.000413. The minimum atomic E-state index is 0.0589. The van der Waals surface area contributed by atoms with Gasteiger partial charge in [0.05, 0.1) is 6.54 Å². The summed E-state index contributed by atoms with van der Waals surface area (Å²) in [6.07, 6.45) is 6.49. The third kappa shape index (κ3) is 3.24. The molecule has 1 amide bonds. The minimum absolute atomic E-state index is 0.0589. The fourth-order valence-corrected chi connectivity index (χ4v) is 4.39. The van der Waals surface area contributed by atoms with Crippen molar-refractivity contribution in [2.45, 2.75) is 57.7 Å². The average Bonchev–Trinajstić information content (AvgIpc) is 3.20. The van der Waals surface area contributed by atoms with Gasteiger partial charge in [-0.1, -0.05) is 6.42 Å². The molecular formula is C19H29N3O2.